The number of hydroxylamine groups is 8. The number of hydrogen-bond donors (Lipinski definition) is 4. The summed E-state index contributed by atoms with van der Waals surface area (Å²) in [7, 11) is 0. The third-order valence-corrected chi connectivity index (χ3v) is 13.4. The second-order valence-electron chi connectivity index (χ2n) is 23.3. The van der Waals surface area contributed by atoms with Crippen LogP contribution in [0.15, 0.2) is 0 Å². The van der Waals surface area contributed by atoms with Crippen molar-refractivity contribution in [1.82, 2.24) is 20.3 Å². The number of carbonyl (C=O) groups is 4. The topological polar surface area (TPSA) is 199 Å². The van der Waals surface area contributed by atoms with Crippen LogP contribution in [0.2, 0.25) is 0 Å². The standard InChI is InChI=1S/C44H78N4O12/c1-37(2)19-27(20-38(3,4)45(37)53)57-33(49)17-31(35(51)59-29-23-41(9,10)47(55)42(11,12)24-29)32(36(52)60-30-25-43(13,14)48(56)44(15,16)26-30)18-34(50)58-28-21-39(5,6)46(54)40(7,8)22-28/h27-32,53-56H,17-26H2,1-16H3. The van der Waals surface area contributed by atoms with Crippen molar-refractivity contribution < 1.29 is 59.0 Å². The maximum atomic E-state index is 14.7. The van der Waals surface area contributed by atoms with Crippen molar-refractivity contribution in [3.8, 4) is 0 Å². The SMILES string of the molecule is CC1(C)CC(OC(=O)CC(C(=O)OC2CC(C)(C)N(O)C(C)(C)C2)C(CC(=O)OC2CC(C)(C)N(O)C(C)(C)C2)C(=O)OC2CC(C)(C)N(O)C(C)(C)C2)CC(C)(C)N1O. The van der Waals surface area contributed by atoms with Crippen LogP contribution in [0.25, 0.3) is 0 Å². The maximum Gasteiger partial charge on any atom is 0.310 e. The van der Waals surface area contributed by atoms with Crippen LogP contribution in [0, 0.1) is 11.8 Å². The first-order valence-electron chi connectivity index (χ1n) is 21.7. The molecule has 4 N–H and O–H groups in total. The molecule has 0 aromatic carbocycles. The molecule has 0 radical (unpaired) electrons. The van der Waals surface area contributed by atoms with Crippen molar-refractivity contribution in [2.45, 2.75) is 244 Å². The zero-order valence-electron chi connectivity index (χ0n) is 39.4. The molecule has 4 saturated heterocycles. The van der Waals surface area contributed by atoms with Gasteiger partial charge in [0.1, 0.15) is 24.4 Å². The van der Waals surface area contributed by atoms with Gasteiger partial charge in [-0.15, -0.1) is 0 Å². The van der Waals surface area contributed by atoms with Gasteiger partial charge in [0, 0.05) is 95.7 Å². The quantitative estimate of drug-likeness (QED) is 0.125. The smallest absolute Gasteiger partial charge is 0.310 e. The van der Waals surface area contributed by atoms with Crippen LogP contribution in [0.4, 0.5) is 0 Å². The van der Waals surface area contributed by atoms with E-state index >= 15 is 0 Å². The molecule has 4 heterocycles. The van der Waals surface area contributed by atoms with Crippen molar-refractivity contribution in [1.29, 1.82) is 0 Å². The van der Waals surface area contributed by atoms with Gasteiger partial charge >= 0.3 is 23.9 Å². The number of nitrogens with zero attached hydrogens (tertiary/aromatic N) is 4. The molecule has 2 unspecified atom stereocenters. The van der Waals surface area contributed by atoms with Gasteiger partial charge in [0.05, 0.1) is 24.7 Å². The molecule has 0 aromatic rings. The molecular weight excluding hydrogens is 776 g/mol. The number of carbonyl (C=O) groups excluding carboxylic acids is 4. The molecule has 16 heteroatoms. The first-order valence-corrected chi connectivity index (χ1v) is 21.7. The molecule has 0 aliphatic carbocycles. The van der Waals surface area contributed by atoms with E-state index < -0.39 is 117 Å². The number of esters is 4. The van der Waals surface area contributed by atoms with Gasteiger partial charge in [0.25, 0.3) is 0 Å². The van der Waals surface area contributed by atoms with E-state index in [1.54, 1.807) is 0 Å². The largest absolute Gasteiger partial charge is 0.462 e. The monoisotopic (exact) mass is 855 g/mol. The van der Waals surface area contributed by atoms with E-state index in [0.29, 0.717) is 25.7 Å². The summed E-state index contributed by atoms with van der Waals surface area (Å²) >= 11 is 0. The summed E-state index contributed by atoms with van der Waals surface area (Å²) in [6, 6.07) is 0. The fraction of sp³-hybridized carbons (Fsp3) is 0.909. The van der Waals surface area contributed by atoms with Crippen molar-refractivity contribution in [3.63, 3.8) is 0 Å². The van der Waals surface area contributed by atoms with Gasteiger partial charge in [-0.25, -0.2) is 0 Å². The molecule has 4 rings (SSSR count). The number of hydrogen-bond acceptors (Lipinski definition) is 16. The molecule has 4 fully saturated rings. The fourth-order valence-corrected chi connectivity index (χ4v) is 11.2. The highest BCUT2D eigenvalue weighted by molar-refractivity contribution is 5.88. The minimum absolute atomic E-state index is 0.246. The Hall–Kier alpha value is -2.44. The molecule has 0 bridgehead atoms. The molecule has 346 valence electrons. The van der Waals surface area contributed by atoms with Gasteiger partial charge in [-0.3, -0.25) is 19.2 Å². The average molecular weight is 855 g/mol. The summed E-state index contributed by atoms with van der Waals surface area (Å²) in [4.78, 5) is 57.5. The van der Waals surface area contributed by atoms with Crippen LogP contribution in [0.5, 0.6) is 0 Å². The Labute approximate surface area is 358 Å². The first kappa shape index (κ1) is 50.2. The maximum absolute atomic E-state index is 14.7. The Morgan fingerprint density at radius 1 is 0.383 bits per heavy atom. The Morgan fingerprint density at radius 3 is 0.733 bits per heavy atom. The van der Waals surface area contributed by atoms with Crippen LogP contribution in [-0.4, -0.2) is 134 Å². The van der Waals surface area contributed by atoms with Crippen molar-refractivity contribution in [3.05, 3.63) is 0 Å². The van der Waals surface area contributed by atoms with Crippen LogP contribution < -0.4 is 0 Å². The summed E-state index contributed by atoms with van der Waals surface area (Å²) in [5.41, 5.74) is -6.16. The van der Waals surface area contributed by atoms with Gasteiger partial charge < -0.3 is 39.8 Å². The summed E-state index contributed by atoms with van der Waals surface area (Å²) in [5.74, 6) is -6.44. The van der Waals surface area contributed by atoms with Crippen molar-refractivity contribution in [2.24, 2.45) is 11.8 Å². The van der Waals surface area contributed by atoms with E-state index in [9.17, 15) is 40.0 Å². The molecule has 0 aromatic heterocycles. The summed E-state index contributed by atoms with van der Waals surface area (Å²) in [5, 5.41) is 48.8. The molecule has 2 atom stereocenters. The summed E-state index contributed by atoms with van der Waals surface area (Å²) in [6.07, 6.45) is -1.77. The first-order chi connectivity index (χ1) is 26.9. The fourth-order valence-electron chi connectivity index (χ4n) is 11.2. The summed E-state index contributed by atoms with van der Waals surface area (Å²) in [6.45, 7) is 29.3. The van der Waals surface area contributed by atoms with E-state index in [4.69, 9.17) is 18.9 Å². The van der Waals surface area contributed by atoms with Gasteiger partial charge in [-0.2, -0.15) is 20.3 Å². The van der Waals surface area contributed by atoms with Crippen LogP contribution in [-0.2, 0) is 38.1 Å². The lowest BCUT2D eigenvalue weighted by Gasteiger charge is -2.51. The second-order valence-corrected chi connectivity index (χ2v) is 23.3. The predicted octanol–water partition coefficient (Wildman–Crippen LogP) is 6.82. The molecule has 4 aliphatic rings. The second kappa shape index (κ2) is 16.9. The molecule has 0 saturated carbocycles. The molecular formula is C44H78N4O12. The number of rotatable bonds is 11. The Balaban J connectivity index is 1.72. The number of piperidine rings is 4. The van der Waals surface area contributed by atoms with E-state index in [-0.39, 0.29) is 25.7 Å². The summed E-state index contributed by atoms with van der Waals surface area (Å²) < 4.78 is 24.4. The van der Waals surface area contributed by atoms with Crippen molar-refractivity contribution >= 4 is 23.9 Å². The number of ether oxygens (including phenoxy) is 4. The van der Waals surface area contributed by atoms with Crippen LogP contribution in [0.3, 0.4) is 0 Å². The van der Waals surface area contributed by atoms with E-state index in [1.807, 2.05) is 111 Å². The zero-order valence-corrected chi connectivity index (χ0v) is 39.4. The Kier molecular flexibility index (Phi) is 14.2. The zero-order chi connectivity index (χ0) is 46.0. The molecule has 16 nitrogen and oxygen atoms in total. The highest BCUT2D eigenvalue weighted by Crippen LogP contribution is 2.43. The van der Waals surface area contributed by atoms with Gasteiger partial charge in [-0.05, 0) is 111 Å². The minimum atomic E-state index is -1.54. The van der Waals surface area contributed by atoms with Gasteiger partial charge in [0.15, 0.2) is 0 Å². The van der Waals surface area contributed by atoms with Crippen LogP contribution >= 0.6 is 0 Å². The van der Waals surface area contributed by atoms with E-state index in [1.165, 1.54) is 20.3 Å². The highest BCUT2D eigenvalue weighted by Gasteiger charge is 2.52. The predicted molar refractivity (Wildman–Crippen MR) is 220 cm³/mol. The highest BCUT2D eigenvalue weighted by atomic mass is 16.6. The lowest BCUT2D eigenvalue weighted by atomic mass is 9.79. The van der Waals surface area contributed by atoms with E-state index in [2.05, 4.69) is 0 Å². The Bertz CT molecular complexity index is 1420. The molecule has 0 spiro atoms. The normalized spacial score (nSPS) is 28.3. The molecule has 4 aliphatic heterocycles. The van der Waals surface area contributed by atoms with E-state index in [0.717, 1.165) is 0 Å². The average Bonchev–Trinajstić information content (AvgIpc) is 3.04. The van der Waals surface area contributed by atoms with Crippen molar-refractivity contribution in [2.75, 3.05) is 0 Å². The molecule has 60 heavy (non-hydrogen) atoms. The van der Waals surface area contributed by atoms with Gasteiger partial charge in [-0.1, -0.05) is 0 Å². The molecule has 0 amide bonds. The third kappa shape index (κ3) is 11.2. The minimum Gasteiger partial charge on any atom is -0.462 e. The lowest BCUT2D eigenvalue weighted by Crippen LogP contribution is -2.61. The van der Waals surface area contributed by atoms with Gasteiger partial charge in [0.2, 0.25) is 0 Å². The lowest BCUT2D eigenvalue weighted by molar-refractivity contribution is -0.262. The third-order valence-electron chi connectivity index (χ3n) is 13.4. The van der Waals surface area contributed by atoms with Crippen LogP contribution in [0.1, 0.15) is 175 Å². The Morgan fingerprint density at radius 2 is 0.550 bits per heavy atom.